The molecule has 0 aliphatic heterocycles. The van der Waals surface area contributed by atoms with Crippen LogP contribution in [-0.4, -0.2) is 9.38 Å². The van der Waals surface area contributed by atoms with E-state index < -0.39 is 0 Å². The third-order valence-electron chi connectivity index (χ3n) is 1.35. The zero-order chi connectivity index (χ0) is 6.97. The predicted molar refractivity (Wildman–Crippen MR) is 34.2 cm³/mol. The van der Waals surface area contributed by atoms with E-state index in [9.17, 15) is 5.21 Å². The summed E-state index contributed by atoms with van der Waals surface area (Å²) in [6.07, 6.45) is 6.28. The summed E-state index contributed by atoms with van der Waals surface area (Å²) in [5.74, 6) is 0. The van der Waals surface area contributed by atoms with E-state index >= 15 is 0 Å². The molecule has 10 heavy (non-hydrogen) atoms. The molecule has 4 heteroatoms. The SMILES string of the molecule is [O-][n+]1ccn2cnccc21. The maximum atomic E-state index is 10.8. The molecular weight excluding hydrogens is 130 g/mol. The molecular formula is C6H5N3O. The van der Waals surface area contributed by atoms with Crippen molar-refractivity contribution in [2.24, 2.45) is 0 Å². The highest BCUT2D eigenvalue weighted by Crippen LogP contribution is 1.92. The second-order valence-electron chi connectivity index (χ2n) is 1.97. The Kier molecular flexibility index (Phi) is 0.887. The Balaban J connectivity index is 2.93. The molecule has 4 nitrogen and oxygen atoms in total. The summed E-state index contributed by atoms with van der Waals surface area (Å²) < 4.78 is 2.45. The normalized spacial score (nSPS) is 10.4. The first-order valence-electron chi connectivity index (χ1n) is 2.88. The highest BCUT2D eigenvalue weighted by Gasteiger charge is 1.99. The average Bonchev–Trinajstić information content (AvgIpc) is 2.34. The van der Waals surface area contributed by atoms with Crippen molar-refractivity contribution < 1.29 is 4.73 Å². The van der Waals surface area contributed by atoms with Crippen LogP contribution in [0.5, 0.6) is 0 Å². The minimum absolute atomic E-state index is 0.593. The lowest BCUT2D eigenvalue weighted by molar-refractivity contribution is -0.576. The number of hydrogen-bond donors (Lipinski definition) is 0. The van der Waals surface area contributed by atoms with Gasteiger partial charge in [0.25, 0.3) is 5.65 Å². The summed E-state index contributed by atoms with van der Waals surface area (Å²) in [4.78, 5) is 3.84. The summed E-state index contributed by atoms with van der Waals surface area (Å²) in [7, 11) is 0. The first-order chi connectivity index (χ1) is 4.88. The zero-order valence-electron chi connectivity index (χ0n) is 5.14. The van der Waals surface area contributed by atoms with Gasteiger partial charge in [-0.2, -0.15) is 4.40 Å². The molecule has 0 atom stereocenters. The van der Waals surface area contributed by atoms with E-state index in [-0.39, 0.29) is 0 Å². The maximum absolute atomic E-state index is 10.8. The van der Waals surface area contributed by atoms with Gasteiger partial charge in [-0.1, -0.05) is 0 Å². The summed E-state index contributed by atoms with van der Waals surface area (Å²) in [6.45, 7) is 0. The van der Waals surface area contributed by atoms with Crippen LogP contribution >= 0.6 is 0 Å². The smallest absolute Gasteiger partial charge is 0.292 e. The molecule has 0 saturated carbocycles. The van der Waals surface area contributed by atoms with Crippen LogP contribution in [0.2, 0.25) is 0 Å². The van der Waals surface area contributed by atoms with Crippen LogP contribution in [0.4, 0.5) is 0 Å². The van der Waals surface area contributed by atoms with E-state index in [4.69, 9.17) is 0 Å². The molecule has 2 aromatic heterocycles. The molecule has 2 heterocycles. The molecule has 0 fully saturated rings. The number of aromatic nitrogens is 3. The predicted octanol–water partition coefficient (Wildman–Crippen LogP) is -0.0323. The average molecular weight is 135 g/mol. The van der Waals surface area contributed by atoms with E-state index in [0.717, 1.165) is 4.73 Å². The van der Waals surface area contributed by atoms with Gasteiger partial charge in [0, 0.05) is 12.3 Å². The molecule has 0 spiro atoms. The number of rotatable bonds is 0. The van der Waals surface area contributed by atoms with Crippen molar-refractivity contribution in [2.45, 2.75) is 0 Å². The molecule has 0 aliphatic carbocycles. The lowest BCUT2D eigenvalue weighted by Crippen LogP contribution is -2.23. The minimum atomic E-state index is 0.593. The number of imidazole rings is 1. The fourth-order valence-corrected chi connectivity index (χ4v) is 0.876. The van der Waals surface area contributed by atoms with Crippen molar-refractivity contribution in [3.05, 3.63) is 36.2 Å². The van der Waals surface area contributed by atoms with Crippen LogP contribution in [0.15, 0.2) is 31.0 Å². The van der Waals surface area contributed by atoms with Gasteiger partial charge in [-0.3, -0.25) is 0 Å². The van der Waals surface area contributed by atoms with Gasteiger partial charge in [0.2, 0.25) is 0 Å². The van der Waals surface area contributed by atoms with E-state index in [2.05, 4.69) is 4.98 Å². The molecule has 0 saturated heterocycles. The van der Waals surface area contributed by atoms with Gasteiger partial charge in [-0.05, 0) is 0 Å². The molecule has 0 radical (unpaired) electrons. The van der Waals surface area contributed by atoms with Crippen LogP contribution in [0.25, 0.3) is 5.65 Å². The Hall–Kier alpha value is -1.58. The first-order valence-corrected chi connectivity index (χ1v) is 2.88. The molecule has 0 aliphatic rings. The van der Waals surface area contributed by atoms with Crippen molar-refractivity contribution in [1.29, 1.82) is 0 Å². The lowest BCUT2D eigenvalue weighted by Gasteiger charge is -1.93. The highest BCUT2D eigenvalue weighted by atomic mass is 16.5. The van der Waals surface area contributed by atoms with Gasteiger partial charge in [-0.25, -0.2) is 9.71 Å². The van der Waals surface area contributed by atoms with Crippen LogP contribution in [-0.2, 0) is 0 Å². The van der Waals surface area contributed by atoms with Crippen LogP contribution in [0.3, 0.4) is 0 Å². The first kappa shape index (κ1) is 5.22. The highest BCUT2D eigenvalue weighted by molar-refractivity contribution is 5.28. The molecule has 0 N–H and O–H groups in total. The third-order valence-corrected chi connectivity index (χ3v) is 1.35. The molecule has 0 amide bonds. The second kappa shape index (κ2) is 1.70. The summed E-state index contributed by atoms with van der Waals surface area (Å²) in [5, 5.41) is 10.8. The Labute approximate surface area is 56.9 Å². The fourth-order valence-electron chi connectivity index (χ4n) is 0.876. The summed E-state index contributed by atoms with van der Waals surface area (Å²) >= 11 is 0. The van der Waals surface area contributed by atoms with Gasteiger partial charge in [0.15, 0.2) is 6.33 Å². The molecule has 2 rings (SSSR count). The largest absolute Gasteiger partial charge is 0.710 e. The molecule has 2 aromatic rings. The van der Waals surface area contributed by atoms with Crippen molar-refractivity contribution in [3.8, 4) is 0 Å². The van der Waals surface area contributed by atoms with Gasteiger partial charge < -0.3 is 5.21 Å². The summed E-state index contributed by atoms with van der Waals surface area (Å²) in [6, 6.07) is 1.66. The standard InChI is InChI=1S/C6H5N3O/c10-9-4-3-8-5-7-2-1-6(8)9/h1-5H. The van der Waals surface area contributed by atoms with Crippen molar-refractivity contribution in [3.63, 3.8) is 0 Å². The lowest BCUT2D eigenvalue weighted by atomic mass is 10.6. The van der Waals surface area contributed by atoms with Gasteiger partial charge in [0.05, 0.1) is 0 Å². The van der Waals surface area contributed by atoms with Crippen LogP contribution < -0.4 is 4.73 Å². The monoisotopic (exact) mass is 135 g/mol. The Morgan fingerprint density at radius 1 is 1.60 bits per heavy atom. The molecule has 50 valence electrons. The van der Waals surface area contributed by atoms with E-state index in [1.165, 1.54) is 6.20 Å². The zero-order valence-corrected chi connectivity index (χ0v) is 5.14. The van der Waals surface area contributed by atoms with Gasteiger partial charge in [-0.15, -0.1) is 0 Å². The quantitative estimate of drug-likeness (QED) is 0.376. The molecule has 0 bridgehead atoms. The van der Waals surface area contributed by atoms with E-state index in [1.54, 1.807) is 29.2 Å². The Morgan fingerprint density at radius 3 is 3.30 bits per heavy atom. The van der Waals surface area contributed by atoms with Crippen LogP contribution in [0.1, 0.15) is 0 Å². The van der Waals surface area contributed by atoms with E-state index in [1.807, 2.05) is 0 Å². The number of fused-ring (bicyclic) bond motifs is 1. The third kappa shape index (κ3) is 0.556. The van der Waals surface area contributed by atoms with E-state index in [0.29, 0.717) is 5.65 Å². The summed E-state index contributed by atoms with van der Waals surface area (Å²) in [5.41, 5.74) is 0.593. The maximum Gasteiger partial charge on any atom is 0.292 e. The molecule has 0 unspecified atom stereocenters. The Bertz CT molecular complexity index is 355. The number of nitrogens with zero attached hydrogens (tertiary/aromatic N) is 3. The topological polar surface area (TPSA) is 44.2 Å². The second-order valence-corrected chi connectivity index (χ2v) is 1.97. The van der Waals surface area contributed by atoms with Gasteiger partial charge in [0.1, 0.15) is 12.4 Å². The van der Waals surface area contributed by atoms with Gasteiger partial charge >= 0.3 is 0 Å². The molecule has 0 aromatic carbocycles. The minimum Gasteiger partial charge on any atom is -0.710 e. The Morgan fingerprint density at radius 2 is 2.50 bits per heavy atom. The van der Waals surface area contributed by atoms with Crippen LogP contribution in [0, 0.1) is 5.21 Å². The number of hydrogen-bond acceptors (Lipinski definition) is 2. The van der Waals surface area contributed by atoms with Crippen molar-refractivity contribution in [2.75, 3.05) is 0 Å². The fraction of sp³-hybridized carbons (Fsp3) is 0. The van der Waals surface area contributed by atoms with Crippen molar-refractivity contribution >= 4 is 5.65 Å². The van der Waals surface area contributed by atoms with Crippen molar-refractivity contribution in [1.82, 2.24) is 9.38 Å².